The van der Waals surface area contributed by atoms with Crippen LogP contribution in [0.25, 0.3) is 17.0 Å². The fourth-order valence-corrected chi connectivity index (χ4v) is 4.03. The van der Waals surface area contributed by atoms with E-state index in [4.69, 9.17) is 11.6 Å². The Labute approximate surface area is 165 Å². The van der Waals surface area contributed by atoms with Crippen molar-refractivity contribution in [3.05, 3.63) is 58.5 Å². The third-order valence-electron chi connectivity index (χ3n) is 5.37. The van der Waals surface area contributed by atoms with Crippen LogP contribution in [0.1, 0.15) is 43.6 Å². The molecule has 4 aromatic rings. The van der Waals surface area contributed by atoms with Crippen molar-refractivity contribution in [1.82, 2.24) is 35.2 Å². The number of hydrogen-bond donors (Lipinski definition) is 2. The zero-order valence-electron chi connectivity index (χ0n) is 15.4. The van der Waals surface area contributed by atoms with E-state index in [1.165, 1.54) is 0 Å². The molecule has 0 radical (unpaired) electrons. The van der Waals surface area contributed by atoms with Gasteiger partial charge in [0.2, 0.25) is 0 Å². The van der Waals surface area contributed by atoms with Crippen molar-refractivity contribution in [3.63, 3.8) is 0 Å². The zero-order chi connectivity index (χ0) is 19.5. The van der Waals surface area contributed by atoms with E-state index >= 15 is 0 Å². The smallest absolute Gasteiger partial charge is 0.179 e. The number of benzene rings is 1. The number of pyridine rings is 1. The Morgan fingerprint density at radius 1 is 1.18 bits per heavy atom. The van der Waals surface area contributed by atoms with Crippen molar-refractivity contribution in [2.75, 3.05) is 0 Å². The fraction of sp³-hybridized carbons (Fsp3) is 0.316. The number of nitrogens with zero attached hydrogens (tertiary/aromatic N) is 6. The minimum atomic E-state index is -1.01. The van der Waals surface area contributed by atoms with Gasteiger partial charge in [0.25, 0.3) is 0 Å². The van der Waals surface area contributed by atoms with Crippen LogP contribution in [0.15, 0.2) is 36.5 Å². The molecule has 1 saturated carbocycles. The molecule has 0 aliphatic heterocycles. The Kier molecular flexibility index (Phi) is 3.59. The van der Waals surface area contributed by atoms with Gasteiger partial charge in [0, 0.05) is 22.3 Å². The van der Waals surface area contributed by atoms with Crippen LogP contribution in [0, 0.1) is 0 Å². The maximum Gasteiger partial charge on any atom is 0.179 e. The quantitative estimate of drug-likeness (QED) is 0.550. The first-order valence-electron chi connectivity index (χ1n) is 9.01. The standard InChI is InChI=1S/C19H18ClN7O/c1-18(2,28)14-4-3-9-27-16(14)23-24-17(27)19(7-8-19)13-6-5-11(20)10-12(13)15-21-25-26-22-15/h3-6,9-10,28H,7-8H2,1-2H3,(H,21,22,25,26). The molecule has 1 aliphatic rings. The fourth-order valence-electron chi connectivity index (χ4n) is 3.86. The summed E-state index contributed by atoms with van der Waals surface area (Å²) in [5.74, 6) is 1.40. The molecule has 8 nitrogen and oxygen atoms in total. The Morgan fingerprint density at radius 3 is 2.68 bits per heavy atom. The van der Waals surface area contributed by atoms with Gasteiger partial charge in [-0.15, -0.1) is 15.3 Å². The second-order valence-electron chi connectivity index (χ2n) is 7.72. The Morgan fingerprint density at radius 2 is 2.00 bits per heavy atom. The first kappa shape index (κ1) is 17.3. The third-order valence-corrected chi connectivity index (χ3v) is 5.60. The summed E-state index contributed by atoms with van der Waals surface area (Å²) in [6.07, 6.45) is 3.79. The van der Waals surface area contributed by atoms with E-state index in [1.807, 2.05) is 40.9 Å². The molecule has 0 amide bonds. The predicted octanol–water partition coefficient (Wildman–Crippen LogP) is 2.87. The summed E-state index contributed by atoms with van der Waals surface area (Å²) < 4.78 is 1.97. The maximum atomic E-state index is 10.5. The Balaban J connectivity index is 1.72. The maximum absolute atomic E-state index is 10.5. The largest absolute Gasteiger partial charge is 0.386 e. The van der Waals surface area contributed by atoms with Gasteiger partial charge in [-0.1, -0.05) is 23.7 Å². The number of H-pyrrole nitrogens is 1. The molecule has 0 saturated heterocycles. The second-order valence-corrected chi connectivity index (χ2v) is 8.16. The zero-order valence-corrected chi connectivity index (χ0v) is 16.1. The molecule has 28 heavy (non-hydrogen) atoms. The molecule has 3 heterocycles. The summed E-state index contributed by atoms with van der Waals surface area (Å²) >= 11 is 6.25. The first-order chi connectivity index (χ1) is 13.4. The number of tetrazole rings is 1. The van der Waals surface area contributed by atoms with Crippen LogP contribution < -0.4 is 0 Å². The molecule has 0 unspecified atom stereocenters. The Bertz CT molecular complexity index is 1170. The van der Waals surface area contributed by atoms with E-state index in [2.05, 4.69) is 30.8 Å². The van der Waals surface area contributed by atoms with Gasteiger partial charge in [-0.25, -0.2) is 5.10 Å². The molecule has 142 valence electrons. The highest BCUT2D eigenvalue weighted by molar-refractivity contribution is 6.30. The van der Waals surface area contributed by atoms with Gasteiger partial charge in [0.15, 0.2) is 11.5 Å². The molecule has 0 bridgehead atoms. The van der Waals surface area contributed by atoms with Crippen molar-refractivity contribution >= 4 is 17.2 Å². The lowest BCUT2D eigenvalue weighted by Gasteiger charge is -2.20. The average Bonchev–Trinajstić information content (AvgIpc) is 3.08. The van der Waals surface area contributed by atoms with Gasteiger partial charge in [0.05, 0.1) is 11.0 Å². The molecule has 1 aliphatic carbocycles. The number of hydrogen-bond acceptors (Lipinski definition) is 6. The lowest BCUT2D eigenvalue weighted by Crippen LogP contribution is -2.18. The lowest BCUT2D eigenvalue weighted by molar-refractivity contribution is 0.0796. The van der Waals surface area contributed by atoms with Gasteiger partial charge in [-0.2, -0.15) is 0 Å². The van der Waals surface area contributed by atoms with Crippen molar-refractivity contribution < 1.29 is 5.11 Å². The number of fused-ring (bicyclic) bond motifs is 1. The second kappa shape index (κ2) is 5.83. The minimum Gasteiger partial charge on any atom is -0.386 e. The summed E-state index contributed by atoms with van der Waals surface area (Å²) in [5.41, 5.74) is 1.99. The van der Waals surface area contributed by atoms with E-state index in [-0.39, 0.29) is 5.41 Å². The van der Waals surface area contributed by atoms with Gasteiger partial charge in [0.1, 0.15) is 5.82 Å². The molecule has 2 N–H and O–H groups in total. The third kappa shape index (κ3) is 2.52. The molecule has 5 rings (SSSR count). The van der Waals surface area contributed by atoms with Crippen molar-refractivity contribution in [3.8, 4) is 11.4 Å². The highest BCUT2D eigenvalue weighted by Crippen LogP contribution is 2.55. The van der Waals surface area contributed by atoms with Gasteiger partial charge in [-0.05, 0) is 60.9 Å². The molecule has 0 atom stereocenters. The van der Waals surface area contributed by atoms with Crippen molar-refractivity contribution in [2.24, 2.45) is 0 Å². The highest BCUT2D eigenvalue weighted by Gasteiger charge is 2.51. The predicted molar refractivity (Wildman–Crippen MR) is 103 cm³/mol. The number of aliphatic hydroxyl groups is 1. The molecule has 3 aromatic heterocycles. The number of aromatic amines is 1. The molecule has 9 heteroatoms. The van der Waals surface area contributed by atoms with E-state index in [0.717, 1.165) is 35.4 Å². The van der Waals surface area contributed by atoms with Gasteiger partial charge in [-0.3, -0.25) is 4.40 Å². The van der Waals surface area contributed by atoms with Crippen molar-refractivity contribution in [2.45, 2.75) is 37.7 Å². The topological polar surface area (TPSA) is 105 Å². The van der Waals surface area contributed by atoms with Crippen LogP contribution in [-0.2, 0) is 11.0 Å². The van der Waals surface area contributed by atoms with E-state index in [9.17, 15) is 5.11 Å². The van der Waals surface area contributed by atoms with Gasteiger partial charge < -0.3 is 5.11 Å². The number of aromatic nitrogens is 7. The van der Waals surface area contributed by atoms with Crippen LogP contribution >= 0.6 is 11.6 Å². The average molecular weight is 396 g/mol. The van der Waals surface area contributed by atoms with Gasteiger partial charge >= 0.3 is 0 Å². The van der Waals surface area contributed by atoms with E-state index in [1.54, 1.807) is 13.8 Å². The summed E-state index contributed by atoms with van der Waals surface area (Å²) in [6, 6.07) is 9.53. The summed E-state index contributed by atoms with van der Waals surface area (Å²) in [7, 11) is 0. The summed E-state index contributed by atoms with van der Waals surface area (Å²) in [6.45, 7) is 3.50. The molecular weight excluding hydrogens is 378 g/mol. The SMILES string of the molecule is CC(C)(O)c1cccn2c(C3(c4ccc(Cl)cc4-c4nnn[nH]4)CC3)nnc12. The molecular formula is C19H18ClN7O. The van der Waals surface area contributed by atoms with E-state index < -0.39 is 5.60 Å². The number of nitrogens with one attached hydrogen (secondary N) is 1. The molecule has 1 fully saturated rings. The van der Waals surface area contributed by atoms with Crippen LogP contribution in [-0.4, -0.2) is 40.3 Å². The van der Waals surface area contributed by atoms with Crippen LogP contribution in [0.4, 0.5) is 0 Å². The van der Waals surface area contributed by atoms with Crippen LogP contribution in [0.5, 0.6) is 0 Å². The van der Waals surface area contributed by atoms with Crippen LogP contribution in [0.3, 0.4) is 0 Å². The number of rotatable bonds is 4. The minimum absolute atomic E-state index is 0.301. The first-order valence-corrected chi connectivity index (χ1v) is 9.39. The monoisotopic (exact) mass is 395 g/mol. The highest BCUT2D eigenvalue weighted by atomic mass is 35.5. The van der Waals surface area contributed by atoms with Crippen LogP contribution in [0.2, 0.25) is 5.02 Å². The number of halogens is 1. The lowest BCUT2D eigenvalue weighted by atomic mass is 9.90. The molecule has 1 aromatic carbocycles. The molecule has 0 spiro atoms. The summed E-state index contributed by atoms with van der Waals surface area (Å²) in [4.78, 5) is 0. The van der Waals surface area contributed by atoms with E-state index in [0.29, 0.717) is 16.5 Å². The summed E-state index contributed by atoms with van der Waals surface area (Å²) in [5, 5.41) is 34.3. The normalized spacial score (nSPS) is 15.9. The van der Waals surface area contributed by atoms with Crippen molar-refractivity contribution in [1.29, 1.82) is 0 Å². The Hall–Kier alpha value is -2.84.